The number of aliphatic hydroxyl groups is 1. The van der Waals surface area contributed by atoms with Gasteiger partial charge in [0.2, 0.25) is 5.28 Å². The number of anilines is 1. The molecular formula is C29H36ClN6O7P. The molecule has 1 aliphatic rings. The van der Waals surface area contributed by atoms with Crippen LogP contribution in [-0.4, -0.2) is 68.2 Å². The van der Waals surface area contributed by atoms with Gasteiger partial charge < -0.3 is 29.4 Å². The van der Waals surface area contributed by atoms with E-state index in [9.17, 15) is 14.5 Å². The first-order valence-corrected chi connectivity index (χ1v) is 16.1. The first-order chi connectivity index (χ1) is 20.8. The molecule has 0 radical (unpaired) electrons. The number of halogens is 1. The lowest BCUT2D eigenvalue weighted by molar-refractivity contribution is -0.148. The van der Waals surface area contributed by atoms with E-state index in [4.69, 9.17) is 35.9 Å². The van der Waals surface area contributed by atoms with Crippen molar-refractivity contribution in [2.24, 2.45) is 5.41 Å². The molecule has 3 heterocycles. The van der Waals surface area contributed by atoms with Crippen LogP contribution in [0.5, 0.6) is 5.75 Å². The Labute approximate surface area is 259 Å². The van der Waals surface area contributed by atoms with Crippen LogP contribution in [0, 0.1) is 5.41 Å². The van der Waals surface area contributed by atoms with Crippen LogP contribution in [0.3, 0.4) is 0 Å². The topological polar surface area (TPSA) is 173 Å². The smallest absolute Gasteiger partial charge is 0.459 e. The van der Waals surface area contributed by atoms with Gasteiger partial charge in [-0.05, 0) is 35.4 Å². The van der Waals surface area contributed by atoms with Crippen LogP contribution in [0.1, 0.15) is 34.1 Å². The number of carbonyl (C=O) groups excluding carboxylic acids is 1. The fourth-order valence-corrected chi connectivity index (χ4v) is 6.44. The number of benzene rings is 2. The Morgan fingerprint density at radius 1 is 1.25 bits per heavy atom. The van der Waals surface area contributed by atoms with Crippen molar-refractivity contribution in [1.82, 2.24) is 24.6 Å². The Morgan fingerprint density at radius 3 is 2.77 bits per heavy atom. The molecule has 1 saturated heterocycles. The number of hydrogen-bond acceptors (Lipinski definition) is 11. The maximum absolute atomic E-state index is 14.2. The standard InChI is InChI=1S/C29H36ClN6O7P/c1-17(27(38)40-15-29(2,3)4)35-44(39,43-22-11-7-9-18-8-5-6-10-20(18)22)41-14-19-12-21(37)23(42-19)13-36-16-32-24-25(31)33-28(30)34-26(24)36/h5-11,16-17,19,21,23,37H,12-15H2,1-4H3,(H,35,39)(H2,31,33,34)/t17-,19-,21+,23?,44?/m0/s1. The molecule has 44 heavy (non-hydrogen) atoms. The Hall–Kier alpha value is -3.32. The van der Waals surface area contributed by atoms with Gasteiger partial charge in [0.15, 0.2) is 11.5 Å². The second-order valence-electron chi connectivity index (χ2n) is 11.9. The van der Waals surface area contributed by atoms with Crippen molar-refractivity contribution in [3.63, 3.8) is 0 Å². The van der Waals surface area contributed by atoms with E-state index in [0.717, 1.165) is 5.39 Å². The fourth-order valence-electron chi connectivity index (χ4n) is 4.73. The molecule has 0 aliphatic carbocycles. The molecule has 4 N–H and O–H groups in total. The van der Waals surface area contributed by atoms with Crippen LogP contribution < -0.4 is 15.3 Å². The van der Waals surface area contributed by atoms with Crippen LogP contribution in [0.15, 0.2) is 48.8 Å². The van der Waals surface area contributed by atoms with Crippen molar-refractivity contribution in [2.75, 3.05) is 18.9 Å². The van der Waals surface area contributed by atoms with Crippen molar-refractivity contribution in [3.8, 4) is 5.75 Å². The van der Waals surface area contributed by atoms with Gasteiger partial charge in [-0.2, -0.15) is 15.1 Å². The third kappa shape index (κ3) is 7.66. The summed E-state index contributed by atoms with van der Waals surface area (Å²) >= 11 is 5.97. The molecule has 2 aromatic carbocycles. The van der Waals surface area contributed by atoms with Gasteiger partial charge in [0.05, 0.1) is 38.3 Å². The third-order valence-electron chi connectivity index (χ3n) is 6.89. The summed E-state index contributed by atoms with van der Waals surface area (Å²) in [6.07, 6.45) is -0.446. The minimum atomic E-state index is -4.19. The van der Waals surface area contributed by atoms with Crippen molar-refractivity contribution in [3.05, 3.63) is 54.1 Å². The van der Waals surface area contributed by atoms with Gasteiger partial charge >= 0.3 is 13.7 Å². The Kier molecular flexibility index (Phi) is 9.45. The first kappa shape index (κ1) is 32.1. The zero-order valence-electron chi connectivity index (χ0n) is 24.8. The number of ether oxygens (including phenoxy) is 2. The largest absolute Gasteiger partial charge is 0.464 e. The third-order valence-corrected chi connectivity index (χ3v) is 8.69. The van der Waals surface area contributed by atoms with Crippen LogP contribution in [0.25, 0.3) is 21.9 Å². The summed E-state index contributed by atoms with van der Waals surface area (Å²) in [6, 6.07) is 11.8. The monoisotopic (exact) mass is 646 g/mol. The molecule has 0 bridgehead atoms. The summed E-state index contributed by atoms with van der Waals surface area (Å²) < 4.78 is 39.2. The van der Waals surface area contributed by atoms with E-state index >= 15 is 0 Å². The lowest BCUT2D eigenvalue weighted by Gasteiger charge is -2.25. The number of nitrogens with two attached hydrogens (primary N) is 1. The van der Waals surface area contributed by atoms with Crippen molar-refractivity contribution in [1.29, 1.82) is 0 Å². The minimum Gasteiger partial charge on any atom is -0.464 e. The number of hydrogen-bond donors (Lipinski definition) is 3. The summed E-state index contributed by atoms with van der Waals surface area (Å²) in [7, 11) is -4.19. The van der Waals surface area contributed by atoms with Gasteiger partial charge in [0.25, 0.3) is 0 Å². The highest BCUT2D eigenvalue weighted by Gasteiger charge is 2.39. The molecule has 1 fully saturated rings. The maximum Gasteiger partial charge on any atom is 0.459 e. The molecule has 0 amide bonds. The average molecular weight is 647 g/mol. The zero-order valence-corrected chi connectivity index (χ0v) is 26.5. The highest BCUT2D eigenvalue weighted by Crippen LogP contribution is 2.47. The predicted molar refractivity (Wildman–Crippen MR) is 165 cm³/mol. The SMILES string of the molecule is C[C@H](NP(=O)(OC[C@@H]1C[C@@H](O)C(Cn2cnc3c(N)nc(Cl)nc32)O1)Oc1cccc2ccccc12)C(=O)OCC(C)(C)C. The van der Waals surface area contributed by atoms with Gasteiger partial charge in [-0.1, -0.05) is 57.2 Å². The van der Waals surface area contributed by atoms with Gasteiger partial charge in [-0.3, -0.25) is 9.32 Å². The molecule has 5 rings (SSSR count). The molecule has 0 spiro atoms. The molecule has 4 aromatic rings. The number of nitrogens with zero attached hydrogens (tertiary/aromatic N) is 4. The number of nitrogen functional groups attached to an aromatic ring is 1. The van der Waals surface area contributed by atoms with Crippen LogP contribution in [-0.2, 0) is 29.9 Å². The summed E-state index contributed by atoms with van der Waals surface area (Å²) in [6.45, 7) is 7.52. The molecule has 236 valence electrons. The number of carbonyl (C=O) groups is 1. The van der Waals surface area contributed by atoms with Gasteiger partial charge in [0.1, 0.15) is 23.4 Å². The number of esters is 1. The quantitative estimate of drug-likeness (QED) is 0.118. The molecule has 2 unspecified atom stereocenters. The van der Waals surface area contributed by atoms with Crippen LogP contribution >= 0.6 is 19.3 Å². The van der Waals surface area contributed by atoms with Crippen LogP contribution in [0.4, 0.5) is 5.82 Å². The second-order valence-corrected chi connectivity index (χ2v) is 14.0. The van der Waals surface area contributed by atoms with E-state index in [1.807, 2.05) is 51.1 Å². The number of imidazole rings is 1. The highest BCUT2D eigenvalue weighted by atomic mass is 35.5. The Morgan fingerprint density at radius 2 is 2.00 bits per heavy atom. The molecular weight excluding hydrogens is 611 g/mol. The summed E-state index contributed by atoms with van der Waals surface area (Å²) in [5, 5.41) is 15.1. The molecule has 2 aromatic heterocycles. The Balaban J connectivity index is 1.30. The van der Waals surface area contributed by atoms with Crippen molar-refractivity contribution >= 4 is 53.1 Å². The first-order valence-electron chi connectivity index (χ1n) is 14.1. The van der Waals surface area contributed by atoms with Gasteiger partial charge in [-0.15, -0.1) is 0 Å². The molecule has 0 saturated carbocycles. The van der Waals surface area contributed by atoms with Crippen molar-refractivity contribution in [2.45, 2.75) is 65.0 Å². The number of aromatic nitrogens is 4. The average Bonchev–Trinajstić information content (AvgIpc) is 3.53. The molecule has 13 nitrogen and oxygen atoms in total. The lowest BCUT2D eigenvalue weighted by Crippen LogP contribution is -2.37. The normalized spacial score (nSPS) is 20.9. The Bertz CT molecular complexity index is 1690. The predicted octanol–water partition coefficient (Wildman–Crippen LogP) is 4.50. The fraction of sp³-hybridized carbons (Fsp3) is 0.448. The highest BCUT2D eigenvalue weighted by molar-refractivity contribution is 7.52. The van der Waals surface area contributed by atoms with E-state index in [1.54, 1.807) is 16.7 Å². The maximum atomic E-state index is 14.2. The number of nitrogens with one attached hydrogen (secondary N) is 1. The van der Waals surface area contributed by atoms with Gasteiger partial charge in [-0.25, -0.2) is 9.55 Å². The number of rotatable bonds is 11. The second kappa shape index (κ2) is 13.0. The molecule has 1 aliphatic heterocycles. The summed E-state index contributed by atoms with van der Waals surface area (Å²) in [5.74, 6) is -0.148. The van der Waals surface area contributed by atoms with E-state index in [-0.39, 0.29) is 42.7 Å². The number of fused-ring (bicyclic) bond motifs is 2. The summed E-state index contributed by atoms with van der Waals surface area (Å²) in [4.78, 5) is 25.1. The van der Waals surface area contributed by atoms with E-state index in [0.29, 0.717) is 22.3 Å². The molecule has 15 heteroatoms. The van der Waals surface area contributed by atoms with Gasteiger partial charge in [0, 0.05) is 11.8 Å². The van der Waals surface area contributed by atoms with Crippen molar-refractivity contribution < 1.29 is 33.0 Å². The van der Waals surface area contributed by atoms with E-state index in [1.165, 1.54) is 13.3 Å². The molecule has 5 atom stereocenters. The number of aliphatic hydroxyl groups excluding tert-OH is 1. The lowest BCUT2D eigenvalue weighted by atomic mass is 9.99. The zero-order chi connectivity index (χ0) is 31.6. The van der Waals surface area contributed by atoms with E-state index < -0.39 is 38.1 Å². The minimum absolute atomic E-state index is 0.0260. The van der Waals surface area contributed by atoms with Crippen LogP contribution in [0.2, 0.25) is 5.28 Å². The van der Waals surface area contributed by atoms with E-state index in [2.05, 4.69) is 20.0 Å². The summed E-state index contributed by atoms with van der Waals surface area (Å²) in [5.41, 5.74) is 6.44.